The van der Waals surface area contributed by atoms with Crippen LogP contribution in [0.5, 0.6) is 0 Å². The van der Waals surface area contributed by atoms with Gasteiger partial charge >= 0.3 is 0 Å². The highest BCUT2D eigenvalue weighted by molar-refractivity contribution is 7.92. The van der Waals surface area contributed by atoms with Crippen molar-refractivity contribution in [2.24, 2.45) is 0 Å². The predicted molar refractivity (Wildman–Crippen MR) is 186 cm³/mol. The van der Waals surface area contributed by atoms with E-state index in [1.165, 1.54) is 17.0 Å². The molecule has 0 fully saturated rings. The van der Waals surface area contributed by atoms with Crippen LogP contribution in [0.4, 0.5) is 5.69 Å². The summed E-state index contributed by atoms with van der Waals surface area (Å²) in [6.07, 6.45) is 0.891. The van der Waals surface area contributed by atoms with Crippen molar-refractivity contribution >= 4 is 50.7 Å². The first kappa shape index (κ1) is 35.0. The van der Waals surface area contributed by atoms with Crippen LogP contribution in [0, 0.1) is 20.8 Å². The summed E-state index contributed by atoms with van der Waals surface area (Å²) in [5, 5.41) is 3.59. The van der Waals surface area contributed by atoms with Gasteiger partial charge in [-0.1, -0.05) is 102 Å². The number of carbonyl (C=O) groups excluding carboxylic acids is 2. The molecule has 0 bridgehead atoms. The Kier molecular flexibility index (Phi) is 11.9. The number of nitrogens with zero attached hydrogens (tertiary/aromatic N) is 2. The highest BCUT2D eigenvalue weighted by Crippen LogP contribution is 2.30. The molecule has 0 heterocycles. The van der Waals surface area contributed by atoms with Crippen molar-refractivity contribution in [1.82, 2.24) is 10.2 Å². The Balaban J connectivity index is 1.85. The number of anilines is 1. The molecule has 1 N–H and O–H groups in total. The average Bonchev–Trinajstić information content (AvgIpc) is 3.02. The van der Waals surface area contributed by atoms with Gasteiger partial charge in [0, 0.05) is 35.1 Å². The standard InChI is InChI=1S/C36H39Cl2N3O4S/c1-5-20-39-36(43)34(22-28-10-7-6-8-11-28)40(23-30-31(37)12-9-13-32(30)38)35(42)24-41(33-19-16-26(3)21-27(33)4)46(44,45)29-17-14-25(2)15-18-29/h6-19,21,34H,5,20,22-24H2,1-4H3,(H,39,43)/t34-/m1/s1. The molecule has 7 nitrogen and oxygen atoms in total. The summed E-state index contributed by atoms with van der Waals surface area (Å²) in [4.78, 5) is 29.9. The number of hydrogen-bond acceptors (Lipinski definition) is 4. The Morgan fingerprint density at radius 3 is 2.07 bits per heavy atom. The minimum Gasteiger partial charge on any atom is -0.354 e. The number of amides is 2. The SMILES string of the molecule is CCCNC(=O)[C@@H](Cc1ccccc1)N(Cc1c(Cl)cccc1Cl)C(=O)CN(c1ccc(C)cc1C)S(=O)(=O)c1ccc(C)cc1. The van der Waals surface area contributed by atoms with E-state index >= 15 is 0 Å². The molecule has 4 aromatic carbocycles. The van der Waals surface area contributed by atoms with Crippen molar-refractivity contribution < 1.29 is 18.0 Å². The van der Waals surface area contributed by atoms with Crippen LogP contribution in [-0.4, -0.2) is 44.3 Å². The van der Waals surface area contributed by atoms with Gasteiger partial charge in [0.05, 0.1) is 10.6 Å². The van der Waals surface area contributed by atoms with E-state index in [0.29, 0.717) is 39.8 Å². The zero-order valence-corrected chi connectivity index (χ0v) is 28.8. The van der Waals surface area contributed by atoms with Crippen LogP contribution in [0.2, 0.25) is 10.0 Å². The molecule has 0 aromatic heterocycles. The molecule has 2 amide bonds. The minimum atomic E-state index is -4.21. The summed E-state index contributed by atoms with van der Waals surface area (Å²) in [6.45, 7) is 7.28. The number of halogens is 2. The van der Waals surface area contributed by atoms with Crippen molar-refractivity contribution in [3.8, 4) is 0 Å². The smallest absolute Gasteiger partial charge is 0.264 e. The summed E-state index contributed by atoms with van der Waals surface area (Å²) < 4.78 is 29.7. The number of hydrogen-bond donors (Lipinski definition) is 1. The van der Waals surface area contributed by atoms with E-state index in [1.54, 1.807) is 36.4 Å². The Bertz CT molecular complexity index is 1760. The van der Waals surface area contributed by atoms with Crippen molar-refractivity contribution in [2.45, 2.75) is 58.0 Å². The highest BCUT2D eigenvalue weighted by Gasteiger charge is 2.35. The van der Waals surface area contributed by atoms with Crippen molar-refractivity contribution in [2.75, 3.05) is 17.4 Å². The Morgan fingerprint density at radius 2 is 1.46 bits per heavy atom. The lowest BCUT2D eigenvalue weighted by molar-refractivity contribution is -0.140. The maximum atomic E-state index is 14.6. The van der Waals surface area contributed by atoms with Crippen LogP contribution in [0.25, 0.3) is 0 Å². The lowest BCUT2D eigenvalue weighted by Gasteiger charge is -2.34. The Labute approximate surface area is 282 Å². The number of carbonyl (C=O) groups is 2. The monoisotopic (exact) mass is 679 g/mol. The van der Waals surface area contributed by atoms with Gasteiger partial charge in [-0.3, -0.25) is 13.9 Å². The lowest BCUT2D eigenvalue weighted by Crippen LogP contribution is -2.53. The lowest BCUT2D eigenvalue weighted by atomic mass is 10.0. The normalized spacial score (nSPS) is 12.0. The van der Waals surface area contributed by atoms with Gasteiger partial charge in [0.25, 0.3) is 10.0 Å². The summed E-state index contributed by atoms with van der Waals surface area (Å²) in [5.41, 5.74) is 4.19. The number of benzene rings is 4. The largest absolute Gasteiger partial charge is 0.354 e. The summed E-state index contributed by atoms with van der Waals surface area (Å²) in [5.74, 6) is -0.944. The van der Waals surface area contributed by atoms with Crippen LogP contribution in [0.3, 0.4) is 0 Å². The van der Waals surface area contributed by atoms with Crippen LogP contribution in [0.15, 0.2) is 95.9 Å². The minimum absolute atomic E-state index is 0.0492. The highest BCUT2D eigenvalue weighted by atomic mass is 35.5. The molecule has 0 saturated carbocycles. The van der Waals surface area contributed by atoms with Crippen LogP contribution in [0.1, 0.15) is 41.2 Å². The first-order valence-corrected chi connectivity index (χ1v) is 17.3. The van der Waals surface area contributed by atoms with Crippen LogP contribution >= 0.6 is 23.2 Å². The number of nitrogens with one attached hydrogen (secondary N) is 1. The quantitative estimate of drug-likeness (QED) is 0.161. The fourth-order valence-electron chi connectivity index (χ4n) is 5.21. The molecule has 0 radical (unpaired) electrons. The average molecular weight is 681 g/mol. The molecule has 0 unspecified atom stereocenters. The molecule has 46 heavy (non-hydrogen) atoms. The second kappa shape index (κ2) is 15.6. The van der Waals surface area contributed by atoms with Crippen molar-refractivity contribution in [3.63, 3.8) is 0 Å². The maximum absolute atomic E-state index is 14.6. The third kappa shape index (κ3) is 8.49. The van der Waals surface area contributed by atoms with Gasteiger partial charge in [0.2, 0.25) is 11.8 Å². The zero-order chi connectivity index (χ0) is 33.4. The fourth-order valence-corrected chi connectivity index (χ4v) is 7.21. The Hall–Kier alpha value is -3.85. The zero-order valence-electron chi connectivity index (χ0n) is 26.5. The molecule has 1 atom stereocenters. The number of rotatable bonds is 13. The van der Waals surface area contributed by atoms with Gasteiger partial charge in [0.15, 0.2) is 0 Å². The topological polar surface area (TPSA) is 86.8 Å². The van der Waals surface area contributed by atoms with E-state index < -0.39 is 28.5 Å². The van der Waals surface area contributed by atoms with Crippen molar-refractivity contribution in [1.29, 1.82) is 0 Å². The number of sulfonamides is 1. The molecule has 0 aliphatic heterocycles. The van der Waals surface area contributed by atoms with Gasteiger partial charge in [-0.15, -0.1) is 0 Å². The predicted octanol–water partition coefficient (Wildman–Crippen LogP) is 7.28. The number of aryl methyl sites for hydroxylation is 3. The third-order valence-electron chi connectivity index (χ3n) is 7.72. The molecule has 4 rings (SSSR count). The Morgan fingerprint density at radius 1 is 0.826 bits per heavy atom. The second-order valence-corrected chi connectivity index (χ2v) is 14.0. The van der Waals surface area contributed by atoms with Crippen LogP contribution in [-0.2, 0) is 32.6 Å². The molecule has 4 aromatic rings. The maximum Gasteiger partial charge on any atom is 0.264 e. The van der Waals surface area contributed by atoms with Gasteiger partial charge < -0.3 is 10.2 Å². The molecular weight excluding hydrogens is 641 g/mol. The second-order valence-electron chi connectivity index (χ2n) is 11.3. The first-order chi connectivity index (χ1) is 21.9. The van der Waals surface area contributed by atoms with E-state index in [9.17, 15) is 18.0 Å². The summed E-state index contributed by atoms with van der Waals surface area (Å²) >= 11 is 13.2. The van der Waals surface area contributed by atoms with E-state index in [2.05, 4.69) is 5.32 Å². The van der Waals surface area contributed by atoms with Gasteiger partial charge in [0.1, 0.15) is 12.6 Å². The van der Waals surface area contributed by atoms with Crippen LogP contribution < -0.4 is 9.62 Å². The first-order valence-electron chi connectivity index (χ1n) is 15.1. The molecule has 0 aliphatic carbocycles. The van der Waals surface area contributed by atoms with Gasteiger partial charge in [-0.25, -0.2) is 8.42 Å². The third-order valence-corrected chi connectivity index (χ3v) is 10.2. The van der Waals surface area contributed by atoms with E-state index in [0.717, 1.165) is 21.0 Å². The molecule has 242 valence electrons. The summed E-state index contributed by atoms with van der Waals surface area (Å²) in [6, 6.07) is 25.3. The van der Waals surface area contributed by atoms with Gasteiger partial charge in [-0.05, 0) is 68.7 Å². The van der Waals surface area contributed by atoms with Gasteiger partial charge in [-0.2, -0.15) is 0 Å². The van der Waals surface area contributed by atoms with E-state index in [1.807, 2.05) is 70.2 Å². The van der Waals surface area contributed by atoms with Crippen molar-refractivity contribution in [3.05, 3.63) is 129 Å². The molecule has 10 heteroatoms. The fraction of sp³-hybridized carbons (Fsp3) is 0.278. The molecule has 0 aliphatic rings. The summed E-state index contributed by atoms with van der Waals surface area (Å²) in [7, 11) is -4.21. The van der Waals surface area contributed by atoms with E-state index in [4.69, 9.17) is 23.2 Å². The molecule has 0 saturated heterocycles. The molecule has 0 spiro atoms. The molecular formula is C36H39Cl2N3O4S. The van der Waals surface area contributed by atoms with E-state index in [-0.39, 0.29) is 23.8 Å².